The number of H-pyrrole nitrogens is 1. The fourth-order valence-corrected chi connectivity index (χ4v) is 3.10. The average Bonchev–Trinajstić information content (AvgIpc) is 3.04. The zero-order chi connectivity index (χ0) is 15.4. The first kappa shape index (κ1) is 15.2. The van der Waals surface area contributed by atoms with Crippen LogP contribution < -0.4 is 0 Å². The maximum Gasteiger partial charge on any atom is 0.124 e. The number of likely N-dealkylation sites (N-methyl/N-ethyl adjacent to an activating group) is 1. The fourth-order valence-electron chi connectivity index (χ4n) is 3.10. The van der Waals surface area contributed by atoms with E-state index in [9.17, 15) is 5.11 Å². The van der Waals surface area contributed by atoms with Crippen LogP contribution in [-0.4, -0.2) is 64.2 Å². The van der Waals surface area contributed by atoms with Crippen molar-refractivity contribution in [3.63, 3.8) is 0 Å². The van der Waals surface area contributed by atoms with Crippen molar-refractivity contribution in [3.05, 3.63) is 54.1 Å². The Morgan fingerprint density at radius 1 is 1.32 bits per heavy atom. The molecule has 2 heterocycles. The number of hydrogen-bond acceptors (Lipinski definition) is 4. The number of piperazine rings is 1. The number of nitrogens with one attached hydrogen (secondary N) is 1. The van der Waals surface area contributed by atoms with Gasteiger partial charge in [-0.1, -0.05) is 30.3 Å². The van der Waals surface area contributed by atoms with Gasteiger partial charge in [0.25, 0.3) is 0 Å². The van der Waals surface area contributed by atoms with Crippen molar-refractivity contribution >= 4 is 0 Å². The van der Waals surface area contributed by atoms with Gasteiger partial charge in [-0.15, -0.1) is 0 Å². The monoisotopic (exact) mass is 300 g/mol. The van der Waals surface area contributed by atoms with Crippen LogP contribution in [0.15, 0.2) is 42.7 Å². The molecule has 1 fully saturated rings. The van der Waals surface area contributed by atoms with Gasteiger partial charge >= 0.3 is 0 Å². The first-order chi connectivity index (χ1) is 10.7. The molecule has 118 valence electrons. The zero-order valence-corrected chi connectivity index (χ0v) is 13.0. The minimum Gasteiger partial charge on any atom is -0.391 e. The summed E-state index contributed by atoms with van der Waals surface area (Å²) in [5.74, 6) is 1.00. The molecule has 0 spiro atoms. The van der Waals surface area contributed by atoms with Gasteiger partial charge in [0.05, 0.1) is 12.1 Å². The number of benzene rings is 1. The molecule has 5 nitrogen and oxygen atoms in total. The maximum absolute atomic E-state index is 10.4. The molecule has 1 unspecified atom stereocenters. The summed E-state index contributed by atoms with van der Waals surface area (Å²) in [7, 11) is 2.13. The summed E-state index contributed by atoms with van der Waals surface area (Å²) < 4.78 is 0. The minimum atomic E-state index is -0.331. The largest absolute Gasteiger partial charge is 0.391 e. The molecule has 2 atom stereocenters. The van der Waals surface area contributed by atoms with Crippen molar-refractivity contribution in [2.24, 2.45) is 0 Å². The summed E-state index contributed by atoms with van der Waals surface area (Å²) in [6.07, 6.45) is 4.04. The van der Waals surface area contributed by atoms with Gasteiger partial charge in [-0.25, -0.2) is 4.98 Å². The smallest absolute Gasteiger partial charge is 0.124 e. The molecule has 1 aromatic carbocycles. The highest BCUT2D eigenvalue weighted by Gasteiger charge is 2.28. The second kappa shape index (κ2) is 7.05. The fraction of sp³-hybridized carbons (Fsp3) is 0.471. The quantitative estimate of drug-likeness (QED) is 0.874. The van der Waals surface area contributed by atoms with Gasteiger partial charge < -0.3 is 10.1 Å². The molecule has 22 heavy (non-hydrogen) atoms. The molecule has 2 N–H and O–H groups in total. The highest BCUT2D eigenvalue weighted by molar-refractivity contribution is 5.15. The normalized spacial score (nSPS) is 21.8. The molecule has 5 heteroatoms. The standard InChI is InChI=1S/C17H24N4O/c1-20-9-10-21(13-16(20)17-18-7-8-19-17)12-15(22)11-14-5-3-2-4-6-14/h2-8,15-16,22H,9-13H2,1H3,(H,18,19)/t15-,16?/m0/s1. The third kappa shape index (κ3) is 3.74. The van der Waals surface area contributed by atoms with E-state index >= 15 is 0 Å². The van der Waals surface area contributed by atoms with Crippen LogP contribution in [0.25, 0.3) is 0 Å². The molecular formula is C17H24N4O. The molecule has 1 aliphatic rings. The summed E-state index contributed by atoms with van der Waals surface area (Å²) in [4.78, 5) is 12.2. The molecule has 3 rings (SSSR count). The topological polar surface area (TPSA) is 55.4 Å². The van der Waals surface area contributed by atoms with Gasteiger partial charge in [-0.2, -0.15) is 0 Å². The molecular weight excluding hydrogens is 276 g/mol. The second-order valence-electron chi connectivity index (χ2n) is 6.07. The lowest BCUT2D eigenvalue weighted by Gasteiger charge is -2.39. The van der Waals surface area contributed by atoms with E-state index in [0.717, 1.165) is 25.5 Å². The summed E-state index contributed by atoms with van der Waals surface area (Å²) in [5.41, 5.74) is 1.19. The lowest BCUT2D eigenvalue weighted by molar-refractivity contribution is 0.0491. The van der Waals surface area contributed by atoms with Gasteiger partial charge in [0.2, 0.25) is 0 Å². The molecule has 1 aliphatic heterocycles. The van der Waals surface area contributed by atoms with Crippen molar-refractivity contribution in [3.8, 4) is 0 Å². The van der Waals surface area contributed by atoms with Crippen LogP contribution in [0, 0.1) is 0 Å². The summed E-state index contributed by atoms with van der Waals surface area (Å²) in [6, 6.07) is 10.4. The Kier molecular flexibility index (Phi) is 4.87. The number of β-amino-alcohol motifs (C(OH)–C–C–N with tert-alkyl or cyclic N) is 1. The van der Waals surface area contributed by atoms with Gasteiger partial charge in [0.15, 0.2) is 0 Å². The Bertz CT molecular complexity index is 557. The van der Waals surface area contributed by atoms with Crippen molar-refractivity contribution in [2.45, 2.75) is 18.6 Å². The zero-order valence-electron chi connectivity index (χ0n) is 13.0. The Morgan fingerprint density at radius 3 is 2.86 bits per heavy atom. The highest BCUT2D eigenvalue weighted by atomic mass is 16.3. The second-order valence-corrected chi connectivity index (χ2v) is 6.07. The number of imidazole rings is 1. The summed E-state index contributed by atoms with van der Waals surface area (Å²) >= 11 is 0. The van der Waals surface area contributed by atoms with E-state index in [2.05, 4.69) is 38.9 Å². The van der Waals surface area contributed by atoms with Crippen LogP contribution in [0.4, 0.5) is 0 Å². The minimum absolute atomic E-state index is 0.271. The molecule has 0 saturated carbocycles. The van der Waals surface area contributed by atoms with Crippen molar-refractivity contribution in [1.29, 1.82) is 0 Å². The van der Waals surface area contributed by atoms with E-state index in [1.165, 1.54) is 5.56 Å². The molecule has 2 aromatic rings. The van der Waals surface area contributed by atoms with Crippen LogP contribution in [0.3, 0.4) is 0 Å². The van der Waals surface area contributed by atoms with Gasteiger partial charge in [0, 0.05) is 38.6 Å². The Labute approximate surface area is 131 Å². The first-order valence-electron chi connectivity index (χ1n) is 7.86. The Hall–Kier alpha value is -1.69. The van der Waals surface area contributed by atoms with Crippen LogP contribution in [0.1, 0.15) is 17.4 Å². The molecule has 0 radical (unpaired) electrons. The van der Waals surface area contributed by atoms with Crippen molar-refractivity contribution in [1.82, 2.24) is 19.8 Å². The lowest BCUT2D eigenvalue weighted by atomic mass is 10.1. The van der Waals surface area contributed by atoms with Crippen molar-refractivity contribution < 1.29 is 5.11 Å². The highest BCUT2D eigenvalue weighted by Crippen LogP contribution is 2.21. The lowest BCUT2D eigenvalue weighted by Crippen LogP contribution is -2.49. The third-order valence-electron chi connectivity index (χ3n) is 4.35. The maximum atomic E-state index is 10.4. The van der Waals surface area contributed by atoms with E-state index in [1.54, 1.807) is 6.20 Å². The predicted molar refractivity (Wildman–Crippen MR) is 86.6 cm³/mol. The average molecular weight is 300 g/mol. The molecule has 0 amide bonds. The number of rotatable bonds is 5. The molecule has 1 aromatic heterocycles. The number of aliphatic hydroxyl groups is 1. The van der Waals surface area contributed by atoms with Crippen LogP contribution >= 0.6 is 0 Å². The Balaban J connectivity index is 1.56. The Morgan fingerprint density at radius 2 is 2.14 bits per heavy atom. The van der Waals surface area contributed by atoms with Gasteiger partial charge in [-0.3, -0.25) is 9.80 Å². The first-order valence-corrected chi connectivity index (χ1v) is 7.86. The molecule has 0 bridgehead atoms. The number of aliphatic hydroxyl groups excluding tert-OH is 1. The third-order valence-corrected chi connectivity index (χ3v) is 4.35. The number of aromatic amines is 1. The van der Waals surface area contributed by atoms with Gasteiger partial charge in [-0.05, 0) is 19.0 Å². The van der Waals surface area contributed by atoms with E-state index in [-0.39, 0.29) is 12.1 Å². The van der Waals surface area contributed by atoms with E-state index in [1.807, 2.05) is 24.4 Å². The van der Waals surface area contributed by atoms with E-state index in [0.29, 0.717) is 13.0 Å². The number of nitrogens with zero attached hydrogens (tertiary/aromatic N) is 3. The predicted octanol–water partition coefficient (Wildman–Crippen LogP) is 1.30. The van der Waals surface area contributed by atoms with Crippen LogP contribution in [0.2, 0.25) is 0 Å². The van der Waals surface area contributed by atoms with Crippen molar-refractivity contribution in [2.75, 3.05) is 33.2 Å². The van der Waals surface area contributed by atoms with E-state index in [4.69, 9.17) is 0 Å². The summed E-state index contributed by atoms with van der Waals surface area (Å²) in [6.45, 7) is 3.58. The molecule has 1 saturated heterocycles. The molecule has 0 aliphatic carbocycles. The SMILES string of the molecule is CN1CCN(C[C@@H](O)Cc2ccccc2)CC1c1ncc[nH]1. The summed E-state index contributed by atoms with van der Waals surface area (Å²) in [5, 5.41) is 10.4. The van der Waals surface area contributed by atoms with E-state index < -0.39 is 0 Å². The number of hydrogen-bond donors (Lipinski definition) is 2. The number of aromatic nitrogens is 2. The van der Waals surface area contributed by atoms with Crippen LogP contribution in [0.5, 0.6) is 0 Å². The van der Waals surface area contributed by atoms with Gasteiger partial charge in [0.1, 0.15) is 5.82 Å². The van der Waals surface area contributed by atoms with Crippen LogP contribution in [-0.2, 0) is 6.42 Å².